The molecule has 2 aliphatic rings. The zero-order valence-electron chi connectivity index (χ0n) is 14.7. The van der Waals surface area contributed by atoms with Gasteiger partial charge in [0.2, 0.25) is 12.7 Å². The number of ether oxygens (including phenoxy) is 2. The van der Waals surface area contributed by atoms with Crippen molar-refractivity contribution in [2.45, 2.75) is 12.3 Å². The van der Waals surface area contributed by atoms with Gasteiger partial charge in [-0.2, -0.15) is 10.2 Å². The molecular weight excluding hydrogens is 360 g/mol. The molecule has 28 heavy (non-hydrogen) atoms. The number of fused-ring (bicyclic) bond motifs is 1. The molecule has 2 aromatic carbocycles. The highest BCUT2D eigenvalue weighted by molar-refractivity contribution is 5.96. The minimum Gasteiger partial charge on any atom is -0.454 e. The van der Waals surface area contributed by atoms with Gasteiger partial charge in [-0.1, -0.05) is 11.2 Å². The molecule has 0 N–H and O–H groups in total. The second-order valence-electron chi connectivity index (χ2n) is 6.59. The predicted octanol–water partition coefficient (Wildman–Crippen LogP) is 2.86. The van der Waals surface area contributed by atoms with Crippen LogP contribution in [0.25, 0.3) is 11.5 Å². The Bertz CT molecular complexity index is 1120. The summed E-state index contributed by atoms with van der Waals surface area (Å²) < 4.78 is 16.1. The number of hydrogen-bond acceptors (Lipinski definition) is 7. The van der Waals surface area contributed by atoms with Crippen molar-refractivity contribution >= 4 is 11.6 Å². The predicted molar refractivity (Wildman–Crippen MR) is 96.7 cm³/mol. The minimum absolute atomic E-state index is 0.0123. The molecule has 0 aliphatic carbocycles. The Labute approximate surface area is 159 Å². The van der Waals surface area contributed by atoms with Crippen LogP contribution in [0.4, 0.5) is 5.69 Å². The molecule has 8 heteroatoms. The molecule has 5 rings (SSSR count). The molecule has 0 spiro atoms. The van der Waals surface area contributed by atoms with E-state index in [0.717, 1.165) is 5.69 Å². The van der Waals surface area contributed by atoms with Gasteiger partial charge in [0.15, 0.2) is 17.3 Å². The van der Waals surface area contributed by atoms with E-state index < -0.39 is 0 Å². The number of anilines is 1. The summed E-state index contributed by atoms with van der Waals surface area (Å²) in [7, 11) is 0. The van der Waals surface area contributed by atoms with E-state index in [9.17, 15) is 4.79 Å². The zero-order valence-corrected chi connectivity index (χ0v) is 14.7. The smallest absolute Gasteiger partial charge is 0.257 e. The maximum Gasteiger partial charge on any atom is 0.257 e. The van der Waals surface area contributed by atoms with Gasteiger partial charge in [0.05, 0.1) is 11.6 Å². The largest absolute Gasteiger partial charge is 0.454 e. The Kier molecular flexibility index (Phi) is 3.72. The zero-order chi connectivity index (χ0) is 19.1. The van der Waals surface area contributed by atoms with Crippen LogP contribution in [-0.2, 0) is 4.79 Å². The molecule has 1 saturated heterocycles. The lowest BCUT2D eigenvalue weighted by atomic mass is 10.1. The van der Waals surface area contributed by atoms with Crippen molar-refractivity contribution in [1.82, 2.24) is 10.1 Å². The monoisotopic (exact) mass is 374 g/mol. The van der Waals surface area contributed by atoms with E-state index in [1.807, 2.05) is 6.07 Å². The molecule has 0 radical (unpaired) electrons. The maximum absolute atomic E-state index is 12.6. The number of nitrogens with zero attached hydrogens (tertiary/aromatic N) is 4. The molecule has 0 saturated carbocycles. The van der Waals surface area contributed by atoms with Crippen molar-refractivity contribution in [3.63, 3.8) is 0 Å². The standard InChI is InChI=1S/C20H14N4O4/c21-9-12-2-1-3-13(6-12)20-22-19(23-28-20)14-7-18(25)24(10-14)15-4-5-16-17(8-15)27-11-26-16/h1-6,8,14H,7,10-11H2. The molecule has 1 fully saturated rings. The van der Waals surface area contributed by atoms with Crippen LogP contribution < -0.4 is 14.4 Å². The van der Waals surface area contributed by atoms with Gasteiger partial charge < -0.3 is 18.9 Å². The van der Waals surface area contributed by atoms with Crippen LogP contribution >= 0.6 is 0 Å². The fraction of sp³-hybridized carbons (Fsp3) is 0.200. The molecular formula is C20H14N4O4. The molecule has 1 amide bonds. The van der Waals surface area contributed by atoms with E-state index in [1.54, 1.807) is 41.3 Å². The van der Waals surface area contributed by atoms with E-state index in [0.29, 0.717) is 47.3 Å². The summed E-state index contributed by atoms with van der Waals surface area (Å²) in [5, 5.41) is 13.1. The number of carbonyl (C=O) groups is 1. The van der Waals surface area contributed by atoms with Crippen LogP contribution in [0.15, 0.2) is 47.0 Å². The van der Waals surface area contributed by atoms with E-state index in [4.69, 9.17) is 19.3 Å². The Hall–Kier alpha value is -3.86. The van der Waals surface area contributed by atoms with Gasteiger partial charge in [0.1, 0.15) is 0 Å². The molecule has 0 bridgehead atoms. The van der Waals surface area contributed by atoms with Crippen molar-refractivity contribution < 1.29 is 18.8 Å². The first-order chi connectivity index (χ1) is 13.7. The Morgan fingerprint density at radius 1 is 1.14 bits per heavy atom. The number of amides is 1. The van der Waals surface area contributed by atoms with Gasteiger partial charge in [0, 0.05) is 36.2 Å². The van der Waals surface area contributed by atoms with Crippen LogP contribution in [0.3, 0.4) is 0 Å². The number of aromatic nitrogens is 2. The van der Waals surface area contributed by atoms with Crippen molar-refractivity contribution in [3.05, 3.63) is 53.9 Å². The van der Waals surface area contributed by atoms with Crippen molar-refractivity contribution in [3.8, 4) is 29.0 Å². The summed E-state index contributed by atoms with van der Waals surface area (Å²) >= 11 is 0. The van der Waals surface area contributed by atoms with E-state index in [-0.39, 0.29) is 18.6 Å². The SMILES string of the molecule is N#Cc1cccc(-c2nc(C3CC(=O)N(c4ccc5c(c4)OCO5)C3)no2)c1. The van der Waals surface area contributed by atoms with Crippen LogP contribution in [0, 0.1) is 11.3 Å². The highest BCUT2D eigenvalue weighted by atomic mass is 16.7. The number of benzene rings is 2. The summed E-state index contributed by atoms with van der Waals surface area (Å²) in [6.45, 7) is 0.643. The summed E-state index contributed by atoms with van der Waals surface area (Å²) in [4.78, 5) is 18.7. The Morgan fingerprint density at radius 3 is 2.93 bits per heavy atom. The highest BCUT2D eigenvalue weighted by Gasteiger charge is 2.35. The number of rotatable bonds is 3. The molecule has 8 nitrogen and oxygen atoms in total. The van der Waals surface area contributed by atoms with Crippen LogP contribution in [-0.4, -0.2) is 29.4 Å². The van der Waals surface area contributed by atoms with Crippen LogP contribution in [0.5, 0.6) is 11.5 Å². The Morgan fingerprint density at radius 2 is 2.04 bits per heavy atom. The summed E-state index contributed by atoms with van der Waals surface area (Å²) in [5.41, 5.74) is 1.94. The number of nitriles is 1. The third-order valence-electron chi connectivity index (χ3n) is 4.84. The first-order valence-electron chi connectivity index (χ1n) is 8.75. The van der Waals surface area contributed by atoms with Gasteiger partial charge in [-0.3, -0.25) is 4.79 Å². The lowest BCUT2D eigenvalue weighted by Gasteiger charge is -2.16. The van der Waals surface area contributed by atoms with Gasteiger partial charge >= 0.3 is 0 Å². The number of hydrogen-bond donors (Lipinski definition) is 0. The van der Waals surface area contributed by atoms with Gasteiger partial charge in [0.25, 0.3) is 5.89 Å². The molecule has 1 unspecified atom stereocenters. The van der Waals surface area contributed by atoms with Crippen molar-refractivity contribution in [2.75, 3.05) is 18.2 Å². The lowest BCUT2D eigenvalue weighted by molar-refractivity contribution is -0.117. The first-order valence-corrected chi connectivity index (χ1v) is 8.75. The van der Waals surface area contributed by atoms with Crippen LogP contribution in [0.1, 0.15) is 23.7 Å². The second-order valence-corrected chi connectivity index (χ2v) is 6.59. The Balaban J connectivity index is 1.38. The minimum atomic E-state index is -0.172. The number of carbonyl (C=O) groups excluding carboxylic acids is 1. The van der Waals surface area contributed by atoms with Gasteiger partial charge in [-0.15, -0.1) is 0 Å². The van der Waals surface area contributed by atoms with Gasteiger partial charge in [-0.25, -0.2) is 0 Å². The van der Waals surface area contributed by atoms with E-state index in [2.05, 4.69) is 16.2 Å². The third kappa shape index (κ3) is 2.74. The summed E-state index contributed by atoms with van der Waals surface area (Å²) in [6.07, 6.45) is 0.297. The molecule has 1 atom stereocenters. The van der Waals surface area contributed by atoms with Crippen molar-refractivity contribution in [2.24, 2.45) is 0 Å². The summed E-state index contributed by atoms with van der Waals surface area (Å²) in [5.74, 6) is 1.94. The fourth-order valence-corrected chi connectivity index (χ4v) is 3.42. The second kappa shape index (κ2) is 6.39. The third-order valence-corrected chi connectivity index (χ3v) is 4.84. The highest BCUT2D eigenvalue weighted by Crippen LogP contribution is 2.38. The van der Waals surface area contributed by atoms with Crippen molar-refractivity contribution in [1.29, 1.82) is 5.26 Å². The topological polar surface area (TPSA) is 101 Å². The van der Waals surface area contributed by atoms with E-state index in [1.165, 1.54) is 0 Å². The maximum atomic E-state index is 12.6. The quantitative estimate of drug-likeness (QED) is 0.695. The molecule has 138 valence electrons. The summed E-state index contributed by atoms with van der Waals surface area (Å²) in [6, 6.07) is 14.5. The first kappa shape index (κ1) is 16.3. The van der Waals surface area contributed by atoms with Crippen LogP contribution in [0.2, 0.25) is 0 Å². The van der Waals surface area contributed by atoms with E-state index >= 15 is 0 Å². The molecule has 1 aromatic heterocycles. The molecule has 2 aliphatic heterocycles. The van der Waals surface area contributed by atoms with Gasteiger partial charge in [-0.05, 0) is 30.3 Å². The average molecular weight is 374 g/mol. The fourth-order valence-electron chi connectivity index (χ4n) is 3.42. The average Bonchev–Trinajstić information content (AvgIpc) is 3.46. The molecule has 3 heterocycles. The molecule has 3 aromatic rings. The lowest BCUT2D eigenvalue weighted by Crippen LogP contribution is -2.24. The normalized spacial score (nSPS) is 17.8.